The molecule has 0 amide bonds. The number of hydrogen-bond acceptors (Lipinski definition) is 1. The molecule has 2 heteroatoms. The molecule has 0 aromatic heterocycles. The molecule has 0 saturated heterocycles. The molecule has 0 aliphatic heterocycles. The van der Waals surface area contributed by atoms with Crippen LogP contribution in [0.4, 0.5) is 4.39 Å². The van der Waals surface area contributed by atoms with Crippen LogP contribution in [0.2, 0.25) is 0 Å². The van der Waals surface area contributed by atoms with E-state index in [9.17, 15) is 4.39 Å². The first-order valence-corrected chi connectivity index (χ1v) is 7.43. The summed E-state index contributed by atoms with van der Waals surface area (Å²) in [5, 5.41) is 3.53. The summed E-state index contributed by atoms with van der Waals surface area (Å²) in [6.07, 6.45) is 5.11. The Morgan fingerprint density at radius 3 is 2.63 bits per heavy atom. The van der Waals surface area contributed by atoms with Crippen LogP contribution >= 0.6 is 0 Å². The number of benzene rings is 1. The van der Waals surface area contributed by atoms with Crippen LogP contribution < -0.4 is 5.32 Å². The van der Waals surface area contributed by atoms with Crippen LogP contribution in [0.15, 0.2) is 24.3 Å². The summed E-state index contributed by atoms with van der Waals surface area (Å²) >= 11 is 0. The highest BCUT2D eigenvalue weighted by atomic mass is 19.1. The topological polar surface area (TPSA) is 12.0 Å². The second-order valence-corrected chi connectivity index (χ2v) is 6.28. The van der Waals surface area contributed by atoms with Crippen molar-refractivity contribution in [2.24, 2.45) is 5.41 Å². The van der Waals surface area contributed by atoms with E-state index in [1.165, 1.54) is 31.7 Å². The predicted molar refractivity (Wildman–Crippen MR) is 80.7 cm³/mol. The Bertz CT molecular complexity index is 373. The summed E-state index contributed by atoms with van der Waals surface area (Å²) in [5.74, 6) is -0.159. The van der Waals surface area contributed by atoms with Gasteiger partial charge in [0.15, 0.2) is 0 Å². The molecule has 1 N–H and O–H groups in total. The molecular formula is C17H28FN. The summed E-state index contributed by atoms with van der Waals surface area (Å²) in [6, 6.07) is 7.05. The average molecular weight is 265 g/mol. The molecule has 1 nitrogen and oxygen atoms in total. The summed E-state index contributed by atoms with van der Waals surface area (Å²) in [7, 11) is 0. The van der Waals surface area contributed by atoms with E-state index in [1.807, 2.05) is 6.07 Å². The Morgan fingerprint density at radius 2 is 2.00 bits per heavy atom. The Balaban J connectivity index is 2.42. The Morgan fingerprint density at radius 1 is 1.26 bits per heavy atom. The van der Waals surface area contributed by atoms with Crippen molar-refractivity contribution >= 4 is 0 Å². The summed E-state index contributed by atoms with van der Waals surface area (Å²) in [4.78, 5) is 0. The Hall–Kier alpha value is -0.890. The highest BCUT2D eigenvalue weighted by Crippen LogP contribution is 2.24. The van der Waals surface area contributed by atoms with Crippen LogP contribution in [0.1, 0.15) is 65.0 Å². The molecule has 19 heavy (non-hydrogen) atoms. The summed E-state index contributed by atoms with van der Waals surface area (Å²) < 4.78 is 13.2. The van der Waals surface area contributed by atoms with E-state index in [-0.39, 0.29) is 11.9 Å². The number of rotatable bonds is 8. The van der Waals surface area contributed by atoms with E-state index in [2.05, 4.69) is 33.0 Å². The standard InChI is InChI=1S/C17H28FN/c1-5-6-7-11-17(3,4)13-19-14(2)15-9-8-10-16(18)12-15/h8-10,12,14,19H,5-7,11,13H2,1-4H3. The van der Waals surface area contributed by atoms with Crippen molar-refractivity contribution in [3.8, 4) is 0 Å². The molecule has 1 rings (SSSR count). The van der Waals surface area contributed by atoms with Gasteiger partial charge in [-0.05, 0) is 36.5 Å². The highest BCUT2D eigenvalue weighted by molar-refractivity contribution is 5.19. The minimum Gasteiger partial charge on any atom is -0.310 e. The van der Waals surface area contributed by atoms with Gasteiger partial charge in [0.1, 0.15) is 5.82 Å². The van der Waals surface area contributed by atoms with Gasteiger partial charge >= 0.3 is 0 Å². The zero-order valence-electron chi connectivity index (χ0n) is 12.8. The quantitative estimate of drug-likeness (QED) is 0.646. The largest absolute Gasteiger partial charge is 0.310 e. The number of hydrogen-bond donors (Lipinski definition) is 1. The molecule has 0 aliphatic carbocycles. The van der Waals surface area contributed by atoms with Gasteiger partial charge in [-0.3, -0.25) is 0 Å². The monoisotopic (exact) mass is 265 g/mol. The van der Waals surface area contributed by atoms with Crippen LogP contribution in [0, 0.1) is 11.2 Å². The van der Waals surface area contributed by atoms with Crippen molar-refractivity contribution in [2.75, 3.05) is 6.54 Å². The van der Waals surface area contributed by atoms with Crippen molar-refractivity contribution in [2.45, 2.75) is 59.4 Å². The minimum absolute atomic E-state index is 0.159. The van der Waals surface area contributed by atoms with Crippen LogP contribution in [-0.4, -0.2) is 6.54 Å². The smallest absolute Gasteiger partial charge is 0.123 e. The maximum absolute atomic E-state index is 13.2. The van der Waals surface area contributed by atoms with E-state index < -0.39 is 0 Å². The lowest BCUT2D eigenvalue weighted by molar-refractivity contribution is 0.291. The molecule has 0 bridgehead atoms. The summed E-state index contributed by atoms with van der Waals surface area (Å²) in [6.45, 7) is 9.89. The van der Waals surface area contributed by atoms with E-state index in [0.717, 1.165) is 12.1 Å². The van der Waals surface area contributed by atoms with Crippen molar-refractivity contribution in [1.29, 1.82) is 0 Å². The number of unbranched alkanes of at least 4 members (excludes halogenated alkanes) is 2. The third kappa shape index (κ3) is 6.20. The van der Waals surface area contributed by atoms with E-state index in [1.54, 1.807) is 12.1 Å². The van der Waals surface area contributed by atoms with Crippen molar-refractivity contribution in [3.05, 3.63) is 35.6 Å². The lowest BCUT2D eigenvalue weighted by Gasteiger charge is -2.27. The first-order valence-electron chi connectivity index (χ1n) is 7.43. The number of halogens is 1. The fraction of sp³-hybridized carbons (Fsp3) is 0.647. The molecule has 0 heterocycles. The van der Waals surface area contributed by atoms with Gasteiger partial charge in [-0.1, -0.05) is 52.2 Å². The lowest BCUT2D eigenvalue weighted by atomic mass is 9.86. The maximum Gasteiger partial charge on any atom is 0.123 e. The molecule has 0 saturated carbocycles. The first kappa shape index (κ1) is 16.2. The van der Waals surface area contributed by atoms with Crippen molar-refractivity contribution in [1.82, 2.24) is 5.32 Å². The van der Waals surface area contributed by atoms with Crippen molar-refractivity contribution < 1.29 is 4.39 Å². The molecule has 108 valence electrons. The first-order chi connectivity index (χ1) is 8.94. The predicted octanol–water partition coefficient (Wildman–Crippen LogP) is 5.08. The molecule has 0 fully saturated rings. The van der Waals surface area contributed by atoms with Crippen molar-refractivity contribution in [3.63, 3.8) is 0 Å². The van der Waals surface area contributed by atoms with Gasteiger partial charge in [0.05, 0.1) is 0 Å². The van der Waals surface area contributed by atoms with Gasteiger partial charge in [-0.15, -0.1) is 0 Å². The third-order valence-corrected chi connectivity index (χ3v) is 3.69. The molecule has 0 aliphatic rings. The zero-order chi connectivity index (χ0) is 14.3. The second kappa shape index (κ2) is 7.64. The Labute approximate surface area is 117 Å². The van der Waals surface area contributed by atoms with Gasteiger partial charge in [0, 0.05) is 12.6 Å². The Kier molecular flexibility index (Phi) is 6.50. The second-order valence-electron chi connectivity index (χ2n) is 6.28. The fourth-order valence-electron chi connectivity index (χ4n) is 2.27. The molecule has 1 aromatic carbocycles. The van der Waals surface area contributed by atoms with Gasteiger partial charge in [-0.25, -0.2) is 4.39 Å². The summed E-state index contributed by atoms with van der Waals surface area (Å²) in [5.41, 5.74) is 1.32. The SMILES string of the molecule is CCCCCC(C)(C)CNC(C)c1cccc(F)c1. The van der Waals surface area contributed by atoms with E-state index in [4.69, 9.17) is 0 Å². The van der Waals surface area contributed by atoms with Gasteiger partial charge in [0.2, 0.25) is 0 Å². The van der Waals surface area contributed by atoms with Gasteiger partial charge in [-0.2, -0.15) is 0 Å². The normalized spacial score (nSPS) is 13.5. The number of nitrogens with one attached hydrogen (secondary N) is 1. The van der Waals surface area contributed by atoms with E-state index >= 15 is 0 Å². The average Bonchev–Trinajstić information content (AvgIpc) is 2.36. The molecule has 1 atom stereocenters. The lowest BCUT2D eigenvalue weighted by Crippen LogP contribution is -2.31. The maximum atomic E-state index is 13.2. The van der Waals surface area contributed by atoms with Gasteiger partial charge < -0.3 is 5.32 Å². The molecule has 1 aromatic rings. The molecule has 0 radical (unpaired) electrons. The fourth-order valence-corrected chi connectivity index (χ4v) is 2.27. The van der Waals surface area contributed by atoms with E-state index in [0.29, 0.717) is 5.41 Å². The van der Waals surface area contributed by atoms with Gasteiger partial charge in [0.25, 0.3) is 0 Å². The highest BCUT2D eigenvalue weighted by Gasteiger charge is 2.18. The van der Waals surface area contributed by atoms with Crippen LogP contribution in [-0.2, 0) is 0 Å². The third-order valence-electron chi connectivity index (χ3n) is 3.69. The van der Waals surface area contributed by atoms with Crippen LogP contribution in [0.25, 0.3) is 0 Å². The molecule has 1 unspecified atom stereocenters. The molecular weight excluding hydrogens is 237 g/mol. The van der Waals surface area contributed by atoms with Crippen LogP contribution in [0.5, 0.6) is 0 Å². The zero-order valence-corrected chi connectivity index (χ0v) is 12.8. The molecule has 0 spiro atoms. The minimum atomic E-state index is -0.159. The van der Waals surface area contributed by atoms with Crippen LogP contribution in [0.3, 0.4) is 0 Å².